The number of anilines is 1. The van der Waals surface area contributed by atoms with Crippen molar-refractivity contribution in [2.24, 2.45) is 5.10 Å². The van der Waals surface area contributed by atoms with E-state index in [1.807, 2.05) is 32.0 Å². The Morgan fingerprint density at radius 3 is 2.61 bits per heavy atom. The van der Waals surface area contributed by atoms with Crippen LogP contribution in [0.3, 0.4) is 0 Å². The summed E-state index contributed by atoms with van der Waals surface area (Å²) in [4.78, 5) is 17.7. The maximum Gasteiger partial charge on any atom is 0.262 e. The van der Waals surface area contributed by atoms with Crippen LogP contribution in [-0.4, -0.2) is 33.0 Å². The predicted octanol–water partition coefficient (Wildman–Crippen LogP) is 4.66. The molecule has 0 aliphatic rings. The third-order valence-electron chi connectivity index (χ3n) is 5.25. The van der Waals surface area contributed by atoms with E-state index in [2.05, 4.69) is 53.8 Å². The Balaban J connectivity index is 1.88. The normalized spacial score (nSPS) is 12.0. The molecule has 0 saturated heterocycles. The standard InChI is InChI=1S/C24H33N5O2/c1-16(2)29-18(5)14-20(19(29)6)15-25-27-24-26-22-11-8-7-10-21(22)23(30)28(24)12-9-13-31-17(3)4/h7-8,10-11,14-17H,9,12-13H2,1-6H3,(H,26,27)/b25-15-. The largest absolute Gasteiger partial charge is 0.379 e. The Hall–Kier alpha value is -2.93. The molecule has 1 aromatic carbocycles. The van der Waals surface area contributed by atoms with Crippen LogP contribution in [0, 0.1) is 13.8 Å². The third-order valence-corrected chi connectivity index (χ3v) is 5.25. The molecule has 7 heteroatoms. The van der Waals surface area contributed by atoms with Crippen molar-refractivity contribution in [1.82, 2.24) is 14.1 Å². The number of hydrogen-bond donors (Lipinski definition) is 1. The zero-order chi connectivity index (χ0) is 22.5. The second-order valence-corrected chi connectivity index (χ2v) is 8.34. The molecule has 0 radical (unpaired) electrons. The fourth-order valence-electron chi connectivity index (χ4n) is 3.89. The number of para-hydroxylation sites is 1. The first kappa shape index (κ1) is 22.7. The van der Waals surface area contributed by atoms with E-state index in [9.17, 15) is 4.79 Å². The second kappa shape index (κ2) is 9.92. The van der Waals surface area contributed by atoms with Gasteiger partial charge in [0.1, 0.15) is 0 Å². The molecular formula is C24H33N5O2. The first-order valence-corrected chi connectivity index (χ1v) is 10.9. The molecule has 0 atom stereocenters. The average Bonchev–Trinajstić information content (AvgIpc) is 3.00. The number of benzene rings is 1. The molecule has 0 amide bonds. The van der Waals surface area contributed by atoms with Gasteiger partial charge in [-0.05, 0) is 66.2 Å². The fraction of sp³-hybridized carbons (Fsp3) is 0.458. The van der Waals surface area contributed by atoms with Crippen LogP contribution in [0.2, 0.25) is 0 Å². The summed E-state index contributed by atoms with van der Waals surface area (Å²) >= 11 is 0. The second-order valence-electron chi connectivity index (χ2n) is 8.34. The predicted molar refractivity (Wildman–Crippen MR) is 127 cm³/mol. The van der Waals surface area contributed by atoms with Gasteiger partial charge in [0, 0.05) is 36.1 Å². The van der Waals surface area contributed by atoms with Crippen molar-refractivity contribution in [2.75, 3.05) is 12.0 Å². The van der Waals surface area contributed by atoms with Gasteiger partial charge < -0.3 is 9.30 Å². The van der Waals surface area contributed by atoms with E-state index in [1.54, 1.807) is 16.8 Å². The van der Waals surface area contributed by atoms with Gasteiger partial charge in [0.25, 0.3) is 5.56 Å². The van der Waals surface area contributed by atoms with Gasteiger partial charge in [-0.1, -0.05) is 12.1 Å². The number of hydrogen-bond acceptors (Lipinski definition) is 5. The molecular weight excluding hydrogens is 390 g/mol. The van der Waals surface area contributed by atoms with Gasteiger partial charge in [-0.2, -0.15) is 5.10 Å². The molecule has 0 unspecified atom stereocenters. The van der Waals surface area contributed by atoms with Crippen LogP contribution in [0.4, 0.5) is 5.95 Å². The lowest BCUT2D eigenvalue weighted by atomic mass is 10.2. The van der Waals surface area contributed by atoms with Crippen LogP contribution >= 0.6 is 0 Å². The maximum atomic E-state index is 13.1. The molecule has 0 saturated carbocycles. The van der Waals surface area contributed by atoms with Crippen LogP contribution in [0.1, 0.15) is 57.1 Å². The Morgan fingerprint density at radius 2 is 1.94 bits per heavy atom. The molecule has 0 aliphatic heterocycles. The van der Waals surface area contributed by atoms with Gasteiger partial charge in [-0.3, -0.25) is 9.36 Å². The summed E-state index contributed by atoms with van der Waals surface area (Å²) in [6, 6.07) is 9.88. The van der Waals surface area contributed by atoms with E-state index >= 15 is 0 Å². The summed E-state index contributed by atoms with van der Waals surface area (Å²) < 4.78 is 9.55. The van der Waals surface area contributed by atoms with Gasteiger partial charge in [-0.25, -0.2) is 10.4 Å². The SMILES string of the molecule is Cc1cc(/C=N\Nc2nc3ccccc3c(=O)n2CCCOC(C)C)c(C)n1C(C)C. The summed E-state index contributed by atoms with van der Waals surface area (Å²) in [6.07, 6.45) is 2.67. The summed E-state index contributed by atoms with van der Waals surface area (Å²) in [5, 5.41) is 5.01. The minimum absolute atomic E-state index is 0.0779. The van der Waals surface area contributed by atoms with Gasteiger partial charge in [0.15, 0.2) is 0 Å². The molecule has 0 spiro atoms. The number of ether oxygens (including phenoxy) is 1. The van der Waals surface area contributed by atoms with Crippen LogP contribution in [0.25, 0.3) is 10.9 Å². The zero-order valence-electron chi connectivity index (χ0n) is 19.3. The summed E-state index contributed by atoms with van der Waals surface area (Å²) in [5.74, 6) is 0.433. The monoisotopic (exact) mass is 423 g/mol. The lowest BCUT2D eigenvalue weighted by Crippen LogP contribution is -2.25. The number of nitrogens with zero attached hydrogens (tertiary/aromatic N) is 4. The van der Waals surface area contributed by atoms with Crippen LogP contribution in [0.5, 0.6) is 0 Å². The molecule has 0 bridgehead atoms. The summed E-state index contributed by atoms with van der Waals surface area (Å²) in [5.41, 5.74) is 6.97. The number of aryl methyl sites for hydroxylation is 1. The Labute approximate surface area is 183 Å². The van der Waals surface area contributed by atoms with E-state index in [0.717, 1.165) is 11.3 Å². The molecule has 7 nitrogen and oxygen atoms in total. The van der Waals surface area contributed by atoms with E-state index in [0.29, 0.717) is 42.5 Å². The highest BCUT2D eigenvalue weighted by Crippen LogP contribution is 2.19. The lowest BCUT2D eigenvalue weighted by molar-refractivity contribution is 0.0748. The minimum Gasteiger partial charge on any atom is -0.379 e. The van der Waals surface area contributed by atoms with E-state index < -0.39 is 0 Å². The number of fused-ring (bicyclic) bond motifs is 1. The molecule has 3 rings (SSSR count). The maximum absolute atomic E-state index is 13.1. The van der Waals surface area contributed by atoms with E-state index in [1.165, 1.54) is 5.69 Å². The molecule has 166 valence electrons. The Kier molecular flexibility index (Phi) is 7.28. The van der Waals surface area contributed by atoms with Gasteiger partial charge in [-0.15, -0.1) is 0 Å². The molecule has 2 aromatic heterocycles. The van der Waals surface area contributed by atoms with Crippen molar-refractivity contribution >= 4 is 23.1 Å². The van der Waals surface area contributed by atoms with Crippen molar-refractivity contribution in [3.05, 3.63) is 57.6 Å². The summed E-state index contributed by atoms with van der Waals surface area (Å²) in [7, 11) is 0. The van der Waals surface area contributed by atoms with Crippen LogP contribution in [0.15, 0.2) is 40.2 Å². The van der Waals surface area contributed by atoms with Crippen molar-refractivity contribution in [1.29, 1.82) is 0 Å². The van der Waals surface area contributed by atoms with Crippen molar-refractivity contribution in [3.63, 3.8) is 0 Å². The fourth-order valence-corrected chi connectivity index (χ4v) is 3.89. The zero-order valence-corrected chi connectivity index (χ0v) is 19.3. The molecule has 31 heavy (non-hydrogen) atoms. The highest BCUT2D eigenvalue weighted by Gasteiger charge is 2.12. The van der Waals surface area contributed by atoms with E-state index in [-0.39, 0.29) is 11.7 Å². The molecule has 2 heterocycles. The Morgan fingerprint density at radius 1 is 1.19 bits per heavy atom. The van der Waals surface area contributed by atoms with Gasteiger partial charge >= 0.3 is 0 Å². The molecule has 0 fully saturated rings. The molecule has 1 N–H and O–H groups in total. The minimum atomic E-state index is -0.0779. The average molecular weight is 424 g/mol. The number of rotatable bonds is 9. The quantitative estimate of drug-likeness (QED) is 0.309. The van der Waals surface area contributed by atoms with Crippen molar-refractivity contribution in [3.8, 4) is 0 Å². The van der Waals surface area contributed by atoms with Crippen molar-refractivity contribution < 1.29 is 4.74 Å². The third kappa shape index (κ3) is 5.22. The lowest BCUT2D eigenvalue weighted by Gasteiger charge is -2.14. The van der Waals surface area contributed by atoms with Crippen molar-refractivity contribution in [2.45, 2.75) is 66.7 Å². The van der Waals surface area contributed by atoms with Gasteiger partial charge in [0.05, 0.1) is 23.2 Å². The first-order valence-electron chi connectivity index (χ1n) is 10.9. The molecule has 3 aromatic rings. The number of aromatic nitrogens is 3. The Bertz CT molecular complexity index is 1120. The number of hydrazone groups is 1. The molecule has 0 aliphatic carbocycles. The first-order chi connectivity index (χ1) is 14.8. The highest BCUT2D eigenvalue weighted by molar-refractivity contribution is 5.82. The summed E-state index contributed by atoms with van der Waals surface area (Å²) in [6.45, 7) is 13.6. The number of nitrogens with one attached hydrogen (secondary N) is 1. The van der Waals surface area contributed by atoms with Crippen LogP contribution < -0.4 is 11.0 Å². The smallest absolute Gasteiger partial charge is 0.262 e. The highest BCUT2D eigenvalue weighted by atomic mass is 16.5. The van der Waals surface area contributed by atoms with Gasteiger partial charge in [0.2, 0.25) is 5.95 Å². The van der Waals surface area contributed by atoms with Crippen LogP contribution in [-0.2, 0) is 11.3 Å². The van der Waals surface area contributed by atoms with E-state index in [4.69, 9.17) is 4.74 Å². The topological polar surface area (TPSA) is 73.4 Å².